The van der Waals surface area contributed by atoms with Crippen LogP contribution in [0, 0.1) is 7.14 Å². The molecule has 0 amide bonds. The highest BCUT2D eigenvalue weighted by Crippen LogP contribution is 2.34. The maximum absolute atomic E-state index is 9.66. The van der Waals surface area contributed by atoms with Gasteiger partial charge in [-0.1, -0.05) is 104 Å². The van der Waals surface area contributed by atoms with Crippen molar-refractivity contribution in [2.75, 3.05) is 0 Å². The largest absolute Gasteiger partial charge is 0.547 e. The van der Waals surface area contributed by atoms with Crippen LogP contribution >= 0.6 is 45.2 Å². The molecule has 390 valence electrons. The summed E-state index contributed by atoms with van der Waals surface area (Å²) < 4.78 is 26.5. The van der Waals surface area contributed by atoms with Crippen LogP contribution in [-0.4, -0.2) is 45.9 Å². The molecular weight excluding hydrogens is 1210 g/mol. The zero-order valence-electron chi connectivity index (χ0n) is 42.4. The number of aliphatic carboxylic acids is 2. The highest BCUT2D eigenvalue weighted by molar-refractivity contribution is 14.1. The lowest BCUT2D eigenvalue weighted by atomic mass is 10.1. The van der Waals surface area contributed by atoms with Gasteiger partial charge >= 0.3 is 0 Å². The van der Waals surface area contributed by atoms with E-state index >= 15 is 0 Å². The number of benzene rings is 8. The van der Waals surface area contributed by atoms with E-state index in [0.29, 0.717) is 0 Å². The summed E-state index contributed by atoms with van der Waals surface area (Å²) in [7, 11) is -0.362. The Hall–Kier alpha value is -6.02. The third kappa shape index (κ3) is 20.2. The highest BCUT2D eigenvalue weighted by Gasteiger charge is 2.30. The summed E-state index contributed by atoms with van der Waals surface area (Å²) in [4.78, 5) is 27.0. The minimum atomic E-state index is -1.69. The number of carboxylic acids is 2. The van der Waals surface area contributed by atoms with Gasteiger partial charge in [0.15, 0.2) is 29.4 Å². The number of carbonyl (C=O) groups excluding carboxylic acids is 2. The molecule has 8 rings (SSSR count). The van der Waals surface area contributed by atoms with Crippen LogP contribution in [0.3, 0.4) is 0 Å². The zero-order chi connectivity index (χ0) is 54.4. The van der Waals surface area contributed by atoms with E-state index in [1.165, 1.54) is 29.4 Å². The summed E-state index contributed by atoms with van der Waals surface area (Å²) in [5.74, 6) is 0.362. The van der Waals surface area contributed by atoms with E-state index in [4.69, 9.17) is 29.2 Å². The van der Waals surface area contributed by atoms with E-state index in [1.54, 1.807) is 0 Å². The molecule has 0 heterocycles. The normalized spacial score (nSPS) is 11.7. The molecule has 0 fully saturated rings. The van der Waals surface area contributed by atoms with Gasteiger partial charge in [0.2, 0.25) is 12.6 Å². The van der Waals surface area contributed by atoms with Gasteiger partial charge in [-0.15, -0.1) is 0 Å². The molecule has 10 nitrogen and oxygen atoms in total. The fraction of sp³-hybridized carbons (Fsp3) is 0.180. The fourth-order valence-corrected chi connectivity index (χ4v) is 11.6. The number of aliphatic hydroxyl groups is 2. The van der Waals surface area contributed by atoms with Crippen molar-refractivity contribution in [3.8, 4) is 23.0 Å². The number of hydrogen-bond acceptors (Lipinski definition) is 10. The number of halogens is 2. The molecule has 8 aromatic rings. The number of carbonyl (C=O) groups is 2. The van der Waals surface area contributed by atoms with E-state index in [9.17, 15) is 19.8 Å². The summed E-state index contributed by atoms with van der Waals surface area (Å²) >= 11 is 4.56. The summed E-state index contributed by atoms with van der Waals surface area (Å²) in [6, 6.07) is 75.2. The third-order valence-electron chi connectivity index (χ3n) is 10.1. The predicted molar refractivity (Wildman–Crippen MR) is 310 cm³/mol. The van der Waals surface area contributed by atoms with E-state index < -0.39 is 29.4 Å². The van der Waals surface area contributed by atoms with Crippen molar-refractivity contribution in [3.05, 3.63) is 226 Å². The Kier molecular flexibility index (Phi) is 23.9. The molecule has 0 aliphatic rings. The maximum atomic E-state index is 9.66. The molecule has 0 aliphatic heterocycles. The standard InChI is InChI=1S/C27H24IO2S.C26H22IO2S.2C4H8O3/c1-2-27(30-26-16-10-9-15-25(26)28)29-21-17-19-24(20-18-21)31(22-11-5-3-6-12-22)23-13-7-4-8-14-23;1-20(28-22-11-8-10-21(27)18-22)29-23-12-9-17-26(19-23)30(24-13-4-2-5-14-24)25-15-6-3-7-16-25;2*1-4(2,7)3(5)6/h3-20,27H,2H2,1H3;2-20H,1H3;2*7H,1-2H3,(H,5,6)/q2*+1;;/p-2. The number of ether oxygens (including phenoxy) is 4. The van der Waals surface area contributed by atoms with Crippen LogP contribution in [0.15, 0.2) is 248 Å². The third-order valence-corrected chi connectivity index (χ3v) is 16.1. The summed E-state index contributed by atoms with van der Waals surface area (Å²) in [5.41, 5.74) is -3.39. The number of carboxylic acid groups (broad SMARTS) is 2. The quantitative estimate of drug-likeness (QED) is 0.0511. The van der Waals surface area contributed by atoms with Gasteiger partial charge in [-0.2, -0.15) is 0 Å². The van der Waals surface area contributed by atoms with Gasteiger partial charge in [-0.25, -0.2) is 0 Å². The molecule has 75 heavy (non-hydrogen) atoms. The predicted octanol–water partition coefficient (Wildman–Crippen LogP) is 11.8. The second kappa shape index (κ2) is 29.9. The van der Waals surface area contributed by atoms with Crippen molar-refractivity contribution in [2.45, 2.75) is 101 Å². The van der Waals surface area contributed by atoms with Crippen LogP contribution < -0.4 is 29.2 Å². The molecule has 0 spiro atoms. The van der Waals surface area contributed by atoms with Crippen molar-refractivity contribution in [1.29, 1.82) is 0 Å². The number of rotatable bonds is 17. The number of hydrogen-bond donors (Lipinski definition) is 2. The van der Waals surface area contributed by atoms with Crippen molar-refractivity contribution >= 4 is 78.9 Å². The molecular formula is C61H60I2O10S2. The van der Waals surface area contributed by atoms with E-state index in [-0.39, 0.29) is 28.1 Å². The van der Waals surface area contributed by atoms with Gasteiger partial charge < -0.3 is 49.0 Å². The lowest BCUT2D eigenvalue weighted by Crippen LogP contribution is -2.43. The summed E-state index contributed by atoms with van der Waals surface area (Å²) in [5, 5.41) is 36.2. The van der Waals surface area contributed by atoms with E-state index in [0.717, 1.165) is 64.3 Å². The van der Waals surface area contributed by atoms with Crippen LogP contribution in [-0.2, 0) is 31.4 Å². The minimum absolute atomic E-state index is 0.160. The lowest BCUT2D eigenvalue weighted by molar-refractivity contribution is -0.323. The molecule has 8 aromatic carbocycles. The lowest BCUT2D eigenvalue weighted by Gasteiger charge is -2.20. The van der Waals surface area contributed by atoms with Gasteiger partial charge in [0.1, 0.15) is 23.0 Å². The number of para-hydroxylation sites is 1. The van der Waals surface area contributed by atoms with Gasteiger partial charge in [0.25, 0.3) is 0 Å². The Morgan fingerprint density at radius 3 is 1.23 bits per heavy atom. The van der Waals surface area contributed by atoms with Crippen LogP contribution in [0.1, 0.15) is 48.0 Å². The minimum Gasteiger partial charge on any atom is -0.547 e. The maximum Gasteiger partial charge on any atom is 0.240 e. The Morgan fingerprint density at radius 1 is 0.467 bits per heavy atom. The average Bonchev–Trinajstić information content (AvgIpc) is 3.39. The Bertz CT molecular complexity index is 2850. The molecule has 0 radical (unpaired) electrons. The average molecular weight is 1270 g/mol. The molecule has 0 saturated carbocycles. The monoisotopic (exact) mass is 1270 g/mol. The van der Waals surface area contributed by atoms with Crippen molar-refractivity contribution < 1.29 is 49.0 Å². The molecule has 2 unspecified atom stereocenters. The SMILES string of the molecule is CC(C)(O)C(=O)[O-].CC(C)(O)C(=O)[O-].CC(Oc1cccc(I)c1)Oc1cccc([S+](c2ccccc2)c2ccccc2)c1.CCC(Oc1ccc([S+](c2ccccc2)c2ccccc2)cc1)Oc1ccccc1I. The first-order chi connectivity index (χ1) is 35.8. The molecule has 2 N–H and O–H groups in total. The van der Waals surface area contributed by atoms with Gasteiger partial charge in [-0.05, 0) is 188 Å². The van der Waals surface area contributed by atoms with Gasteiger partial charge in [0, 0.05) is 23.0 Å². The molecule has 14 heteroatoms. The second-order valence-corrected chi connectivity index (χ2v) is 23.7. The topological polar surface area (TPSA) is 158 Å². The first kappa shape index (κ1) is 59.9. The van der Waals surface area contributed by atoms with Crippen LogP contribution in [0.2, 0.25) is 0 Å². The van der Waals surface area contributed by atoms with Crippen molar-refractivity contribution in [2.24, 2.45) is 0 Å². The summed E-state index contributed by atoms with van der Waals surface area (Å²) in [6.45, 7) is 8.60. The highest BCUT2D eigenvalue weighted by atomic mass is 127. The van der Waals surface area contributed by atoms with Crippen LogP contribution in [0.4, 0.5) is 0 Å². The Morgan fingerprint density at radius 2 is 0.827 bits per heavy atom. The van der Waals surface area contributed by atoms with Crippen molar-refractivity contribution in [1.82, 2.24) is 0 Å². The molecule has 2 atom stereocenters. The van der Waals surface area contributed by atoms with Crippen LogP contribution in [0.5, 0.6) is 23.0 Å². The molecule has 0 saturated heterocycles. The van der Waals surface area contributed by atoms with E-state index in [1.807, 2.05) is 73.7 Å². The fourth-order valence-electron chi connectivity index (χ4n) is 6.34. The summed E-state index contributed by atoms with van der Waals surface area (Å²) in [6.07, 6.45) is 0.0300. The van der Waals surface area contributed by atoms with Gasteiger partial charge in [-0.3, -0.25) is 0 Å². The molecule has 0 aliphatic carbocycles. The molecule has 0 bridgehead atoms. The van der Waals surface area contributed by atoms with Crippen molar-refractivity contribution in [3.63, 3.8) is 0 Å². The van der Waals surface area contributed by atoms with Gasteiger partial charge in [0.05, 0.1) is 48.5 Å². The second-order valence-electron chi connectivity index (χ2n) is 17.3. The first-order valence-electron chi connectivity index (χ1n) is 23.8. The first-order valence-corrected chi connectivity index (χ1v) is 28.4. The molecule has 0 aromatic heterocycles. The smallest absolute Gasteiger partial charge is 0.240 e. The Balaban J connectivity index is 0.000000222. The zero-order valence-corrected chi connectivity index (χ0v) is 48.3. The van der Waals surface area contributed by atoms with Crippen LogP contribution in [0.25, 0.3) is 0 Å². The van der Waals surface area contributed by atoms with E-state index in [2.05, 4.69) is 204 Å². The Labute approximate surface area is 473 Å².